The highest BCUT2D eigenvalue weighted by Gasteiger charge is 2.40. The first kappa shape index (κ1) is 27.1. The zero-order valence-corrected chi connectivity index (χ0v) is 22.4. The van der Waals surface area contributed by atoms with E-state index >= 15 is 0 Å². The minimum absolute atomic E-state index is 0.0127. The van der Waals surface area contributed by atoms with Gasteiger partial charge in [0, 0.05) is 30.6 Å². The van der Waals surface area contributed by atoms with Crippen LogP contribution in [0.3, 0.4) is 0 Å². The number of hydrogen-bond donors (Lipinski definition) is 1. The Morgan fingerprint density at radius 3 is 2.46 bits per heavy atom. The molecule has 10 heteroatoms. The summed E-state index contributed by atoms with van der Waals surface area (Å²) in [7, 11) is -3.94. The van der Waals surface area contributed by atoms with Gasteiger partial charge >= 0.3 is 0 Å². The van der Waals surface area contributed by atoms with Crippen LogP contribution < -0.4 is 5.32 Å². The summed E-state index contributed by atoms with van der Waals surface area (Å²) in [4.78, 5) is 40.9. The Hall–Kier alpha value is -2.91. The number of benzene rings is 2. The summed E-state index contributed by atoms with van der Waals surface area (Å²) in [6, 6.07) is 12.7. The normalized spacial score (nSPS) is 17.5. The molecular weight excluding hydrogens is 514 g/mol. The summed E-state index contributed by atoms with van der Waals surface area (Å²) in [5, 5.41) is 3.59. The molecule has 2 aromatic carbocycles. The SMILES string of the molecule is CCC(C(=O)NC1CCCC1)N(Cc1ccccc1Cl)C(=O)CCCN1C(=O)c2ccccc2S1(=O)=O. The highest BCUT2D eigenvalue weighted by atomic mass is 35.5. The number of carbonyl (C=O) groups is 3. The molecule has 1 heterocycles. The summed E-state index contributed by atoms with van der Waals surface area (Å²) < 4.78 is 26.5. The molecule has 1 unspecified atom stereocenters. The van der Waals surface area contributed by atoms with E-state index in [0.717, 1.165) is 35.6 Å². The number of rotatable bonds is 10. The third-order valence-electron chi connectivity index (χ3n) is 7.05. The van der Waals surface area contributed by atoms with Crippen LogP contribution in [-0.4, -0.2) is 54.0 Å². The number of sulfonamides is 1. The second kappa shape index (κ2) is 11.6. The Labute approximate surface area is 223 Å². The Kier molecular flexibility index (Phi) is 8.54. The molecule has 198 valence electrons. The standard InChI is InChI=1S/C27H32ClN3O5S/c1-2-23(26(33)29-20-11-4-5-12-20)30(18-19-10-3-7-14-22(19)28)25(32)16-9-17-31-27(34)21-13-6-8-15-24(21)37(31,35)36/h3,6-8,10,13-15,20,23H,2,4-5,9,11-12,16-18H2,1H3,(H,29,33). The number of nitrogens with one attached hydrogen (secondary N) is 1. The average Bonchev–Trinajstić information content (AvgIpc) is 3.45. The lowest BCUT2D eigenvalue weighted by Crippen LogP contribution is -2.51. The van der Waals surface area contributed by atoms with Crippen molar-refractivity contribution in [3.05, 3.63) is 64.7 Å². The molecule has 1 N–H and O–H groups in total. The monoisotopic (exact) mass is 545 g/mol. The molecule has 2 aliphatic rings. The van der Waals surface area contributed by atoms with Crippen LogP contribution >= 0.6 is 11.6 Å². The molecular formula is C27H32ClN3O5S. The van der Waals surface area contributed by atoms with E-state index in [1.165, 1.54) is 17.0 Å². The minimum atomic E-state index is -3.94. The van der Waals surface area contributed by atoms with E-state index in [4.69, 9.17) is 11.6 Å². The van der Waals surface area contributed by atoms with Gasteiger partial charge in [0.15, 0.2) is 0 Å². The fraction of sp³-hybridized carbons (Fsp3) is 0.444. The van der Waals surface area contributed by atoms with E-state index in [1.807, 2.05) is 19.1 Å². The molecule has 1 aliphatic heterocycles. The molecule has 3 amide bonds. The van der Waals surface area contributed by atoms with E-state index in [0.29, 0.717) is 11.4 Å². The van der Waals surface area contributed by atoms with Crippen LogP contribution in [0, 0.1) is 0 Å². The molecule has 0 saturated heterocycles. The predicted octanol–water partition coefficient (Wildman–Crippen LogP) is 4.13. The number of halogens is 1. The lowest BCUT2D eigenvalue weighted by Gasteiger charge is -2.32. The second-order valence-electron chi connectivity index (χ2n) is 9.51. The van der Waals surface area contributed by atoms with Crippen molar-refractivity contribution in [1.82, 2.24) is 14.5 Å². The van der Waals surface area contributed by atoms with Gasteiger partial charge in [0.2, 0.25) is 11.8 Å². The first-order valence-electron chi connectivity index (χ1n) is 12.7. The summed E-state index contributed by atoms with van der Waals surface area (Å²) in [5.74, 6) is -1.07. The van der Waals surface area contributed by atoms with Crippen molar-refractivity contribution in [3.8, 4) is 0 Å². The highest BCUT2D eigenvalue weighted by molar-refractivity contribution is 7.90. The molecule has 1 atom stereocenters. The molecule has 8 nitrogen and oxygen atoms in total. The minimum Gasteiger partial charge on any atom is -0.352 e. The number of amides is 3. The topological polar surface area (TPSA) is 104 Å². The first-order chi connectivity index (χ1) is 17.7. The van der Waals surface area contributed by atoms with Crippen molar-refractivity contribution in [2.75, 3.05) is 6.54 Å². The summed E-state index contributed by atoms with van der Waals surface area (Å²) in [5.41, 5.74) is 0.862. The molecule has 37 heavy (non-hydrogen) atoms. The van der Waals surface area contributed by atoms with Gasteiger partial charge in [0.25, 0.3) is 15.9 Å². The smallest absolute Gasteiger partial charge is 0.269 e. The van der Waals surface area contributed by atoms with Crippen LogP contribution in [0.2, 0.25) is 5.02 Å². The van der Waals surface area contributed by atoms with Gasteiger partial charge in [-0.05, 0) is 49.4 Å². The molecule has 1 saturated carbocycles. The first-order valence-corrected chi connectivity index (χ1v) is 14.5. The second-order valence-corrected chi connectivity index (χ2v) is 11.7. The van der Waals surface area contributed by atoms with Gasteiger partial charge in [0.1, 0.15) is 10.9 Å². The maximum absolute atomic E-state index is 13.5. The third kappa shape index (κ3) is 5.83. The van der Waals surface area contributed by atoms with Crippen LogP contribution in [0.25, 0.3) is 0 Å². The largest absolute Gasteiger partial charge is 0.352 e. The van der Waals surface area contributed by atoms with Gasteiger partial charge in [0.05, 0.1) is 5.56 Å². The number of carbonyl (C=O) groups excluding carboxylic acids is 3. The summed E-state index contributed by atoms with van der Waals surface area (Å²) in [6.07, 6.45) is 4.55. The van der Waals surface area contributed by atoms with Crippen LogP contribution in [0.4, 0.5) is 0 Å². The van der Waals surface area contributed by atoms with Gasteiger partial charge in [-0.1, -0.05) is 61.7 Å². The molecule has 0 bridgehead atoms. The van der Waals surface area contributed by atoms with Crippen molar-refractivity contribution in [2.24, 2.45) is 0 Å². The molecule has 0 aromatic heterocycles. The predicted molar refractivity (Wildman–Crippen MR) is 140 cm³/mol. The van der Waals surface area contributed by atoms with Crippen LogP contribution in [0.15, 0.2) is 53.4 Å². The van der Waals surface area contributed by atoms with Crippen LogP contribution in [-0.2, 0) is 26.2 Å². The van der Waals surface area contributed by atoms with Crippen LogP contribution in [0.5, 0.6) is 0 Å². The molecule has 0 radical (unpaired) electrons. The number of nitrogens with zero attached hydrogens (tertiary/aromatic N) is 2. The number of hydrogen-bond acceptors (Lipinski definition) is 5. The Bertz CT molecular complexity index is 1280. The quantitative estimate of drug-likeness (QED) is 0.483. The lowest BCUT2D eigenvalue weighted by molar-refractivity contribution is -0.141. The lowest BCUT2D eigenvalue weighted by atomic mass is 10.1. The molecule has 1 aliphatic carbocycles. The average molecular weight is 546 g/mol. The van der Waals surface area contributed by atoms with Gasteiger partial charge in [-0.15, -0.1) is 0 Å². The van der Waals surface area contributed by atoms with Crippen LogP contribution in [0.1, 0.15) is 67.8 Å². The molecule has 1 fully saturated rings. The maximum atomic E-state index is 13.5. The maximum Gasteiger partial charge on any atom is 0.269 e. The van der Waals surface area contributed by atoms with Gasteiger partial charge in [-0.3, -0.25) is 14.4 Å². The molecule has 2 aromatic rings. The van der Waals surface area contributed by atoms with Crippen molar-refractivity contribution in [1.29, 1.82) is 0 Å². The Morgan fingerprint density at radius 1 is 1.11 bits per heavy atom. The number of fused-ring (bicyclic) bond motifs is 1. The fourth-order valence-electron chi connectivity index (χ4n) is 5.07. The van der Waals surface area contributed by atoms with E-state index in [9.17, 15) is 22.8 Å². The highest BCUT2D eigenvalue weighted by Crippen LogP contribution is 2.30. The van der Waals surface area contributed by atoms with E-state index in [2.05, 4.69) is 5.32 Å². The van der Waals surface area contributed by atoms with Gasteiger partial charge < -0.3 is 10.2 Å². The van der Waals surface area contributed by atoms with E-state index in [-0.39, 0.29) is 54.2 Å². The third-order valence-corrected chi connectivity index (χ3v) is 9.26. The van der Waals surface area contributed by atoms with Gasteiger partial charge in [-0.25, -0.2) is 12.7 Å². The molecule has 4 rings (SSSR count). The Balaban J connectivity index is 1.48. The van der Waals surface area contributed by atoms with E-state index < -0.39 is 22.0 Å². The summed E-state index contributed by atoms with van der Waals surface area (Å²) in [6.45, 7) is 1.90. The van der Waals surface area contributed by atoms with Gasteiger partial charge in [-0.2, -0.15) is 0 Å². The van der Waals surface area contributed by atoms with Crippen molar-refractivity contribution < 1.29 is 22.8 Å². The summed E-state index contributed by atoms with van der Waals surface area (Å²) >= 11 is 6.37. The van der Waals surface area contributed by atoms with E-state index in [1.54, 1.807) is 24.3 Å². The van der Waals surface area contributed by atoms with Crippen molar-refractivity contribution in [3.63, 3.8) is 0 Å². The zero-order valence-electron chi connectivity index (χ0n) is 20.9. The fourth-order valence-corrected chi connectivity index (χ4v) is 6.87. The Morgan fingerprint density at radius 2 is 1.78 bits per heavy atom. The zero-order chi connectivity index (χ0) is 26.6. The van der Waals surface area contributed by atoms with Crippen molar-refractivity contribution >= 4 is 39.3 Å². The van der Waals surface area contributed by atoms with Crippen molar-refractivity contribution in [2.45, 2.75) is 75.4 Å². The molecule has 0 spiro atoms.